The van der Waals surface area contributed by atoms with Crippen molar-refractivity contribution in [3.05, 3.63) is 18.3 Å². The molecule has 4 heteroatoms. The second-order valence-electron chi connectivity index (χ2n) is 4.46. The lowest BCUT2D eigenvalue weighted by Gasteiger charge is -2.22. The molecule has 4 nitrogen and oxygen atoms in total. The Morgan fingerprint density at radius 2 is 2.25 bits per heavy atom. The zero-order valence-electron chi connectivity index (χ0n) is 10.2. The molecular formula is C12H20N2O2. The number of hydrogen-bond acceptors (Lipinski definition) is 4. The Balaban J connectivity index is 2.66. The van der Waals surface area contributed by atoms with Gasteiger partial charge in [-0.3, -0.25) is 0 Å². The highest BCUT2D eigenvalue weighted by Crippen LogP contribution is 2.22. The molecule has 0 saturated heterocycles. The van der Waals surface area contributed by atoms with Crippen LogP contribution >= 0.6 is 0 Å². The highest BCUT2D eigenvalue weighted by molar-refractivity contribution is 5.49. The number of pyridine rings is 1. The summed E-state index contributed by atoms with van der Waals surface area (Å²) in [6.07, 6.45) is 1.72. The van der Waals surface area contributed by atoms with Crippen LogP contribution in [0.2, 0.25) is 0 Å². The van der Waals surface area contributed by atoms with Gasteiger partial charge >= 0.3 is 0 Å². The number of hydrogen-bond donors (Lipinski definition) is 2. The molecule has 1 aromatic rings. The van der Waals surface area contributed by atoms with Gasteiger partial charge in [-0.05, 0) is 19.1 Å². The van der Waals surface area contributed by atoms with Crippen molar-refractivity contribution < 1.29 is 9.84 Å². The Kier molecular flexibility index (Phi) is 4.55. The van der Waals surface area contributed by atoms with Crippen LogP contribution in [0.1, 0.15) is 20.8 Å². The number of aromatic nitrogens is 1. The maximum atomic E-state index is 9.15. The van der Waals surface area contributed by atoms with Crippen molar-refractivity contribution in [1.82, 2.24) is 4.98 Å². The summed E-state index contributed by atoms with van der Waals surface area (Å²) in [6, 6.07) is 3.72. The van der Waals surface area contributed by atoms with Crippen molar-refractivity contribution >= 4 is 5.82 Å². The largest absolute Gasteiger partial charge is 0.490 e. The summed E-state index contributed by atoms with van der Waals surface area (Å²) in [5.41, 5.74) is -0.166. The van der Waals surface area contributed by atoms with Gasteiger partial charge in [-0.25, -0.2) is 4.98 Å². The fourth-order valence-electron chi connectivity index (χ4n) is 1.17. The average Bonchev–Trinajstić information content (AvgIpc) is 2.28. The van der Waals surface area contributed by atoms with Crippen molar-refractivity contribution in [2.24, 2.45) is 5.41 Å². The fourth-order valence-corrected chi connectivity index (χ4v) is 1.17. The lowest BCUT2D eigenvalue weighted by atomic mass is 9.95. The van der Waals surface area contributed by atoms with Crippen LogP contribution in [-0.4, -0.2) is 29.8 Å². The number of anilines is 1. The first-order chi connectivity index (χ1) is 7.59. The third-order valence-electron chi connectivity index (χ3n) is 2.23. The van der Waals surface area contributed by atoms with E-state index < -0.39 is 0 Å². The van der Waals surface area contributed by atoms with Gasteiger partial charge in [0.2, 0.25) is 0 Å². The standard InChI is InChI=1S/C12H20N2O2/c1-4-16-10-6-5-7-13-11(10)14-8-12(2,3)9-15/h5-7,15H,4,8-9H2,1-3H3,(H,13,14). The summed E-state index contributed by atoms with van der Waals surface area (Å²) >= 11 is 0. The normalized spacial score (nSPS) is 11.2. The van der Waals surface area contributed by atoms with Crippen molar-refractivity contribution in [3.63, 3.8) is 0 Å². The van der Waals surface area contributed by atoms with Crippen molar-refractivity contribution in [1.29, 1.82) is 0 Å². The summed E-state index contributed by atoms with van der Waals surface area (Å²) in [4.78, 5) is 4.22. The van der Waals surface area contributed by atoms with Gasteiger partial charge in [0.05, 0.1) is 6.61 Å². The molecule has 0 saturated carbocycles. The van der Waals surface area contributed by atoms with Gasteiger partial charge < -0.3 is 15.2 Å². The number of ether oxygens (including phenoxy) is 1. The highest BCUT2D eigenvalue weighted by Gasteiger charge is 2.17. The molecule has 1 heterocycles. The van der Waals surface area contributed by atoms with Crippen molar-refractivity contribution in [3.8, 4) is 5.75 Å². The van der Waals surface area contributed by atoms with Gasteiger partial charge in [0, 0.05) is 24.8 Å². The molecule has 0 aliphatic carbocycles. The Labute approximate surface area is 96.7 Å². The summed E-state index contributed by atoms with van der Waals surface area (Å²) in [5, 5.41) is 12.3. The van der Waals surface area contributed by atoms with Crippen molar-refractivity contribution in [2.75, 3.05) is 25.1 Å². The minimum absolute atomic E-state index is 0.136. The minimum Gasteiger partial charge on any atom is -0.490 e. The summed E-state index contributed by atoms with van der Waals surface area (Å²) in [5.74, 6) is 1.48. The van der Waals surface area contributed by atoms with E-state index in [1.807, 2.05) is 32.9 Å². The van der Waals surface area contributed by atoms with E-state index in [9.17, 15) is 0 Å². The third kappa shape index (κ3) is 3.70. The highest BCUT2D eigenvalue weighted by atomic mass is 16.5. The van der Waals surface area contributed by atoms with Gasteiger partial charge in [0.1, 0.15) is 0 Å². The SMILES string of the molecule is CCOc1cccnc1NCC(C)(C)CO. The van der Waals surface area contributed by atoms with Gasteiger partial charge in [-0.2, -0.15) is 0 Å². The fraction of sp³-hybridized carbons (Fsp3) is 0.583. The zero-order valence-corrected chi connectivity index (χ0v) is 10.2. The summed E-state index contributed by atoms with van der Waals surface area (Å²) < 4.78 is 5.45. The molecule has 90 valence electrons. The third-order valence-corrected chi connectivity index (χ3v) is 2.23. The molecule has 16 heavy (non-hydrogen) atoms. The van der Waals surface area contributed by atoms with E-state index in [4.69, 9.17) is 9.84 Å². The molecule has 0 atom stereocenters. The number of nitrogens with zero attached hydrogens (tertiary/aromatic N) is 1. The average molecular weight is 224 g/mol. The predicted molar refractivity (Wildman–Crippen MR) is 64.8 cm³/mol. The predicted octanol–water partition coefficient (Wildman–Crippen LogP) is 1.91. The molecule has 0 aliphatic heterocycles. The van der Waals surface area contributed by atoms with Crippen LogP contribution in [-0.2, 0) is 0 Å². The Hall–Kier alpha value is -1.29. The maximum Gasteiger partial charge on any atom is 0.168 e. The monoisotopic (exact) mass is 224 g/mol. The molecule has 0 aliphatic rings. The first kappa shape index (κ1) is 12.8. The number of rotatable bonds is 6. The van der Waals surface area contributed by atoms with Crippen LogP contribution < -0.4 is 10.1 Å². The lowest BCUT2D eigenvalue weighted by molar-refractivity contribution is 0.170. The molecule has 0 unspecified atom stereocenters. The van der Waals surface area contributed by atoms with Crippen LogP contribution in [0, 0.1) is 5.41 Å². The van der Waals surface area contributed by atoms with Crippen molar-refractivity contribution in [2.45, 2.75) is 20.8 Å². The molecule has 0 bridgehead atoms. The first-order valence-corrected chi connectivity index (χ1v) is 5.51. The summed E-state index contributed by atoms with van der Waals surface area (Å²) in [7, 11) is 0. The van der Waals surface area contributed by atoms with E-state index in [1.165, 1.54) is 0 Å². The Morgan fingerprint density at radius 3 is 2.88 bits per heavy atom. The van der Waals surface area contributed by atoms with Gasteiger partial charge in [-0.1, -0.05) is 13.8 Å². The first-order valence-electron chi connectivity index (χ1n) is 5.51. The molecule has 0 fully saturated rings. The van der Waals surface area contributed by atoms with E-state index in [0.29, 0.717) is 13.2 Å². The number of aliphatic hydroxyl groups is 1. The van der Waals surface area contributed by atoms with Crippen LogP contribution in [0.25, 0.3) is 0 Å². The Morgan fingerprint density at radius 1 is 1.50 bits per heavy atom. The molecule has 0 aromatic carbocycles. The van der Waals surface area contributed by atoms with Gasteiger partial charge in [0.25, 0.3) is 0 Å². The molecule has 0 amide bonds. The Bertz CT molecular complexity index is 327. The second-order valence-corrected chi connectivity index (χ2v) is 4.46. The van der Waals surface area contributed by atoms with E-state index in [1.54, 1.807) is 6.20 Å². The topological polar surface area (TPSA) is 54.4 Å². The van der Waals surface area contributed by atoms with Crippen LogP contribution in [0.3, 0.4) is 0 Å². The van der Waals surface area contributed by atoms with E-state index in [0.717, 1.165) is 11.6 Å². The number of aliphatic hydroxyl groups excluding tert-OH is 1. The summed E-state index contributed by atoms with van der Waals surface area (Å²) in [6.45, 7) is 7.32. The number of nitrogens with one attached hydrogen (secondary N) is 1. The molecule has 2 N–H and O–H groups in total. The van der Waals surface area contributed by atoms with E-state index in [2.05, 4.69) is 10.3 Å². The quantitative estimate of drug-likeness (QED) is 0.775. The molecule has 1 aromatic heterocycles. The molecule has 1 rings (SSSR count). The molecule has 0 radical (unpaired) electrons. The molecular weight excluding hydrogens is 204 g/mol. The maximum absolute atomic E-state index is 9.15. The second kappa shape index (κ2) is 5.70. The molecule has 0 spiro atoms. The van der Waals surface area contributed by atoms with Crippen LogP contribution in [0.15, 0.2) is 18.3 Å². The smallest absolute Gasteiger partial charge is 0.168 e. The van der Waals surface area contributed by atoms with Crippen LogP contribution in [0.4, 0.5) is 5.82 Å². The van der Waals surface area contributed by atoms with E-state index in [-0.39, 0.29) is 12.0 Å². The van der Waals surface area contributed by atoms with Gasteiger partial charge in [-0.15, -0.1) is 0 Å². The van der Waals surface area contributed by atoms with Gasteiger partial charge in [0.15, 0.2) is 11.6 Å². The zero-order chi connectivity index (χ0) is 12.0. The lowest BCUT2D eigenvalue weighted by Crippen LogP contribution is -2.27. The van der Waals surface area contributed by atoms with Crippen LogP contribution in [0.5, 0.6) is 5.75 Å². The van der Waals surface area contributed by atoms with E-state index >= 15 is 0 Å². The minimum atomic E-state index is -0.166.